The van der Waals surface area contributed by atoms with Crippen LogP contribution in [0.15, 0.2) is 70.2 Å². The van der Waals surface area contributed by atoms with Crippen LogP contribution in [0.3, 0.4) is 0 Å². The molecule has 4 rings (SSSR count). The molecule has 0 fully saturated rings. The number of aromatic nitrogens is 2. The van der Waals surface area contributed by atoms with Crippen LogP contribution < -0.4 is 5.43 Å². The number of hydrogen-bond acceptors (Lipinski definition) is 4. The van der Waals surface area contributed by atoms with Crippen molar-refractivity contribution < 1.29 is 4.42 Å². The number of aromatic amines is 1. The standard InChI is InChI=1S/C18H13ClN4O/c19-13-7-5-12(6-8-13)17-10-9-14(24-17)11-20-23-18-21-15-3-1-2-4-16(15)22-18/h1-11H,(H2,21,22,23)/b20-11-. The van der Waals surface area contributed by atoms with Crippen LogP contribution in [0.25, 0.3) is 22.4 Å². The second kappa shape index (κ2) is 6.22. The number of hydrogen-bond donors (Lipinski definition) is 2. The van der Waals surface area contributed by atoms with Gasteiger partial charge in [0.15, 0.2) is 0 Å². The lowest BCUT2D eigenvalue weighted by Gasteiger charge is -1.96. The highest BCUT2D eigenvalue weighted by atomic mass is 35.5. The van der Waals surface area contributed by atoms with Gasteiger partial charge in [-0.2, -0.15) is 5.10 Å². The Balaban J connectivity index is 1.47. The van der Waals surface area contributed by atoms with Crippen molar-refractivity contribution in [3.05, 3.63) is 71.4 Å². The predicted molar refractivity (Wildman–Crippen MR) is 96.5 cm³/mol. The number of H-pyrrole nitrogens is 1. The van der Waals surface area contributed by atoms with Crippen LogP contribution >= 0.6 is 11.6 Å². The fourth-order valence-corrected chi connectivity index (χ4v) is 2.48. The third-order valence-corrected chi connectivity index (χ3v) is 3.76. The highest BCUT2D eigenvalue weighted by Crippen LogP contribution is 2.23. The minimum atomic E-state index is 0.580. The van der Waals surface area contributed by atoms with Crippen LogP contribution in [0.4, 0.5) is 5.95 Å². The molecular weight excluding hydrogens is 324 g/mol. The number of halogens is 1. The minimum absolute atomic E-state index is 0.580. The van der Waals surface area contributed by atoms with Crippen LogP contribution in [0.5, 0.6) is 0 Å². The average molecular weight is 337 g/mol. The van der Waals surface area contributed by atoms with Crippen LogP contribution in [0, 0.1) is 0 Å². The maximum atomic E-state index is 5.89. The van der Waals surface area contributed by atoms with Gasteiger partial charge in [-0.15, -0.1) is 0 Å². The number of fused-ring (bicyclic) bond motifs is 1. The predicted octanol–water partition coefficient (Wildman–Crippen LogP) is 4.92. The van der Waals surface area contributed by atoms with Crippen molar-refractivity contribution in [3.63, 3.8) is 0 Å². The number of nitrogens with one attached hydrogen (secondary N) is 2. The zero-order chi connectivity index (χ0) is 16.4. The van der Waals surface area contributed by atoms with Crippen LogP contribution in [-0.4, -0.2) is 16.2 Å². The van der Waals surface area contributed by atoms with E-state index in [4.69, 9.17) is 16.0 Å². The summed E-state index contributed by atoms with van der Waals surface area (Å²) in [5, 5.41) is 4.84. The number of anilines is 1. The number of nitrogens with zero attached hydrogens (tertiary/aromatic N) is 2. The monoisotopic (exact) mass is 336 g/mol. The van der Waals surface area contributed by atoms with Gasteiger partial charge in [0, 0.05) is 10.6 Å². The Labute approximate surface area is 143 Å². The first-order valence-corrected chi connectivity index (χ1v) is 7.75. The number of furan rings is 1. The van der Waals surface area contributed by atoms with Crippen molar-refractivity contribution in [2.24, 2.45) is 5.10 Å². The van der Waals surface area contributed by atoms with Gasteiger partial charge in [-0.25, -0.2) is 10.4 Å². The van der Waals surface area contributed by atoms with Crippen molar-refractivity contribution in [2.45, 2.75) is 0 Å². The van der Waals surface area contributed by atoms with E-state index in [0.29, 0.717) is 16.7 Å². The van der Waals surface area contributed by atoms with E-state index in [1.807, 2.05) is 60.7 Å². The summed E-state index contributed by atoms with van der Waals surface area (Å²) in [5.74, 6) is 1.98. The van der Waals surface area contributed by atoms with E-state index < -0.39 is 0 Å². The van der Waals surface area contributed by atoms with Gasteiger partial charge in [0.25, 0.3) is 0 Å². The van der Waals surface area contributed by atoms with Gasteiger partial charge in [0.05, 0.1) is 17.2 Å². The first kappa shape index (κ1) is 14.5. The number of rotatable bonds is 4. The molecule has 0 saturated carbocycles. The summed E-state index contributed by atoms with van der Waals surface area (Å²) >= 11 is 5.89. The summed E-state index contributed by atoms with van der Waals surface area (Å²) in [6.45, 7) is 0. The Bertz CT molecular complexity index is 968. The molecule has 0 bridgehead atoms. The zero-order valence-electron chi connectivity index (χ0n) is 12.5. The summed E-state index contributed by atoms with van der Waals surface area (Å²) in [5.41, 5.74) is 5.67. The first-order chi connectivity index (χ1) is 11.8. The third-order valence-electron chi connectivity index (χ3n) is 3.51. The first-order valence-electron chi connectivity index (χ1n) is 7.37. The van der Waals surface area contributed by atoms with E-state index in [1.54, 1.807) is 6.21 Å². The number of imidazole rings is 1. The number of benzene rings is 2. The Morgan fingerprint density at radius 1 is 1.04 bits per heavy atom. The molecular formula is C18H13ClN4O. The van der Waals surface area contributed by atoms with E-state index in [0.717, 1.165) is 22.4 Å². The molecule has 2 heterocycles. The highest BCUT2D eigenvalue weighted by molar-refractivity contribution is 6.30. The third kappa shape index (κ3) is 3.02. The van der Waals surface area contributed by atoms with Gasteiger partial charge >= 0.3 is 0 Å². The van der Waals surface area contributed by atoms with Crippen molar-refractivity contribution in [1.82, 2.24) is 9.97 Å². The Hall–Kier alpha value is -3.05. The Morgan fingerprint density at radius 2 is 1.88 bits per heavy atom. The van der Waals surface area contributed by atoms with Gasteiger partial charge < -0.3 is 9.40 Å². The smallest absolute Gasteiger partial charge is 0.222 e. The quantitative estimate of drug-likeness (QED) is 0.410. The average Bonchev–Trinajstić information content (AvgIpc) is 3.22. The molecule has 0 aliphatic heterocycles. The van der Waals surface area contributed by atoms with Gasteiger partial charge in [0.1, 0.15) is 11.5 Å². The van der Waals surface area contributed by atoms with Crippen LogP contribution in [-0.2, 0) is 0 Å². The lowest BCUT2D eigenvalue weighted by atomic mass is 10.2. The van der Waals surface area contributed by atoms with Gasteiger partial charge in [0.2, 0.25) is 5.95 Å². The molecule has 2 N–H and O–H groups in total. The Morgan fingerprint density at radius 3 is 2.71 bits per heavy atom. The summed E-state index contributed by atoms with van der Waals surface area (Å²) in [7, 11) is 0. The summed E-state index contributed by atoms with van der Waals surface area (Å²) in [4.78, 5) is 7.52. The molecule has 5 nitrogen and oxygen atoms in total. The Kier molecular flexibility index (Phi) is 3.76. The summed E-state index contributed by atoms with van der Waals surface area (Å²) in [6, 6.07) is 19.0. The molecule has 0 spiro atoms. The fraction of sp³-hybridized carbons (Fsp3) is 0. The SMILES string of the molecule is Clc1ccc(-c2ccc(/C=N\Nc3nc4ccccc4[nH]3)o2)cc1. The van der Waals surface area contributed by atoms with E-state index in [9.17, 15) is 0 Å². The lowest BCUT2D eigenvalue weighted by Crippen LogP contribution is -1.91. The van der Waals surface area contributed by atoms with Crippen molar-refractivity contribution in [2.75, 3.05) is 5.43 Å². The van der Waals surface area contributed by atoms with Gasteiger partial charge in [-0.05, 0) is 48.5 Å². The molecule has 2 aromatic heterocycles. The molecule has 4 aromatic rings. The molecule has 2 aromatic carbocycles. The molecule has 0 aliphatic rings. The molecule has 118 valence electrons. The fourth-order valence-electron chi connectivity index (χ4n) is 2.35. The molecule has 0 saturated heterocycles. The second-order valence-corrected chi connectivity index (χ2v) is 5.62. The molecule has 0 atom stereocenters. The number of hydrazone groups is 1. The maximum absolute atomic E-state index is 5.89. The van der Waals surface area contributed by atoms with Crippen LogP contribution in [0.2, 0.25) is 5.02 Å². The van der Waals surface area contributed by atoms with E-state index in [1.165, 1.54) is 0 Å². The molecule has 0 amide bonds. The van der Waals surface area contributed by atoms with Crippen molar-refractivity contribution in [1.29, 1.82) is 0 Å². The highest BCUT2D eigenvalue weighted by Gasteiger charge is 2.04. The van der Waals surface area contributed by atoms with Gasteiger partial charge in [-0.1, -0.05) is 23.7 Å². The summed E-state index contributed by atoms with van der Waals surface area (Å²) in [6.07, 6.45) is 1.60. The molecule has 0 aliphatic carbocycles. The summed E-state index contributed by atoms with van der Waals surface area (Å²) < 4.78 is 5.74. The topological polar surface area (TPSA) is 66.2 Å². The minimum Gasteiger partial charge on any atom is -0.455 e. The van der Waals surface area contributed by atoms with E-state index in [-0.39, 0.29) is 0 Å². The largest absolute Gasteiger partial charge is 0.455 e. The number of para-hydroxylation sites is 2. The van der Waals surface area contributed by atoms with E-state index in [2.05, 4.69) is 20.5 Å². The van der Waals surface area contributed by atoms with Crippen molar-refractivity contribution >= 4 is 34.8 Å². The maximum Gasteiger partial charge on any atom is 0.222 e. The van der Waals surface area contributed by atoms with Gasteiger partial charge in [-0.3, -0.25) is 0 Å². The van der Waals surface area contributed by atoms with Crippen LogP contribution in [0.1, 0.15) is 5.76 Å². The lowest BCUT2D eigenvalue weighted by molar-refractivity contribution is 0.575. The zero-order valence-corrected chi connectivity index (χ0v) is 13.3. The van der Waals surface area contributed by atoms with Crippen molar-refractivity contribution in [3.8, 4) is 11.3 Å². The molecule has 6 heteroatoms. The second-order valence-electron chi connectivity index (χ2n) is 5.18. The normalized spacial score (nSPS) is 11.4. The molecule has 0 radical (unpaired) electrons. The molecule has 0 unspecified atom stereocenters. The molecule has 24 heavy (non-hydrogen) atoms. The van der Waals surface area contributed by atoms with E-state index >= 15 is 0 Å².